The topological polar surface area (TPSA) is 27.7 Å². The van der Waals surface area contributed by atoms with E-state index < -0.39 is 81.4 Å². The Morgan fingerprint density at radius 2 is 0.552 bits per heavy atom. The molecule has 0 saturated heterocycles. The monoisotopic (exact) mass is 1880 g/mol. The fourth-order valence-electron chi connectivity index (χ4n) is 17.0. The van der Waals surface area contributed by atoms with Gasteiger partial charge in [0.05, 0.1) is 32.0 Å². The van der Waals surface area contributed by atoms with Crippen molar-refractivity contribution in [2.45, 2.75) is 334 Å². The third kappa shape index (κ3) is 34.6. The summed E-state index contributed by atoms with van der Waals surface area (Å²) in [7, 11) is 0. The van der Waals surface area contributed by atoms with E-state index >= 15 is 0 Å². The summed E-state index contributed by atoms with van der Waals surface area (Å²) in [4.78, 5) is 0. The van der Waals surface area contributed by atoms with Crippen LogP contribution >= 0.6 is 0 Å². The molecule has 5 aliphatic carbocycles. The third-order valence-electron chi connectivity index (χ3n) is 26.1. The molecule has 3 nitrogen and oxygen atoms in total. The van der Waals surface area contributed by atoms with E-state index in [4.69, 9.17) is 14.2 Å². The molecule has 0 amide bonds. The van der Waals surface area contributed by atoms with E-state index in [9.17, 15) is 61.5 Å². The van der Waals surface area contributed by atoms with Gasteiger partial charge in [-0.25, -0.2) is 57.1 Å². The zero-order valence-corrected chi connectivity index (χ0v) is 76.7. The van der Waals surface area contributed by atoms with Crippen LogP contribution in [0.2, 0.25) is 0 Å². The first-order chi connectivity index (χ1) is 60.6. The van der Waals surface area contributed by atoms with Crippen molar-refractivity contribution in [2.24, 2.45) is 35.5 Å². The second-order valence-corrected chi connectivity index (χ2v) is 36.5. The summed E-state index contributed by atoms with van der Waals surface area (Å²) in [6.07, 6.45) is 24.9. The molecule has 0 spiro atoms. The molecule has 0 bridgehead atoms. The molecule has 0 atom stereocenters. The average molecular weight is 1880 g/mol. The second-order valence-electron chi connectivity index (χ2n) is 36.5. The summed E-state index contributed by atoms with van der Waals surface area (Å²) < 4.78 is 208. The standard InChI is InChI=1S/C22H32F2O2.C20H16F2.C20H22F2.C15H20F2O.C14H18F2.C10H12F2.C9H10F2.7CH4/c1-15-3-9-19(10-4-15)25-13-17-7-8-18(22(24)21(17)23)14-26-20-11-5-16(2)6-12-20;1-13-3-7-15(8-4-13)17-11-12-18(20(22)19(17)21)16-9-5-14(2)6-10-16;1-13-3-6-15(7-4-13)16-8-10-17(11-9-16)18-12-5-14(2)19(21)20(18)22;1-10-3-6-12(7-4-10)9-18-13-8-5-11(2)14(16)15(13)17;1-9-3-6-11(7-4-9)12-8-5-10(2)13(15)14(12)16;1-3-4-8-6-5-7(2)9(11)10(8)12;1-3-7-5-4-6(2)8(10)9(7)11;;;;;;;/h7-8,15-16,19-20H,3-6,9-14H2,1-2H3;3-12H,1-2H3;5,8-13,15H,3-4,6-7H2,1-2H3;5,8,10,12H,3-4,6-7,9H2,1-2H3;5,8-9,11H,3-4,6-7H2,1-2H3;5-6H,3-4H2,1-2H3;4-5H,3H2,1-2H3;7*1H4. The van der Waals surface area contributed by atoms with Crippen LogP contribution in [0.1, 0.15) is 319 Å². The van der Waals surface area contributed by atoms with Crippen LogP contribution in [-0.2, 0) is 35.5 Å². The summed E-state index contributed by atoms with van der Waals surface area (Å²) >= 11 is 0. The first-order valence-electron chi connectivity index (χ1n) is 45.9. The maximum absolute atomic E-state index is 14.4. The van der Waals surface area contributed by atoms with Crippen LogP contribution in [0.4, 0.5) is 61.5 Å². The lowest BCUT2D eigenvalue weighted by molar-refractivity contribution is 0.00527. The van der Waals surface area contributed by atoms with Crippen LogP contribution in [0.3, 0.4) is 0 Å². The van der Waals surface area contributed by atoms with Gasteiger partial charge in [0.15, 0.2) is 81.4 Å². The highest BCUT2D eigenvalue weighted by molar-refractivity contribution is 5.72. The number of rotatable bonds is 17. The Bertz CT molecular complexity index is 4980. The van der Waals surface area contributed by atoms with Gasteiger partial charge < -0.3 is 14.2 Å². The van der Waals surface area contributed by atoms with Crippen molar-refractivity contribution in [3.63, 3.8) is 0 Å². The third-order valence-corrected chi connectivity index (χ3v) is 26.1. The molecular weight excluding hydrogens is 1720 g/mol. The van der Waals surface area contributed by atoms with Crippen molar-refractivity contribution < 1.29 is 75.7 Å². The minimum atomic E-state index is -0.862. The molecule has 17 heteroatoms. The highest BCUT2D eigenvalue weighted by Crippen LogP contribution is 2.41. The van der Waals surface area contributed by atoms with Crippen LogP contribution in [0.5, 0.6) is 5.75 Å². The van der Waals surface area contributed by atoms with E-state index in [0.717, 1.165) is 143 Å². The number of benzene rings is 10. The van der Waals surface area contributed by atoms with E-state index in [1.807, 2.05) is 57.2 Å². The van der Waals surface area contributed by atoms with Crippen molar-refractivity contribution in [1.29, 1.82) is 0 Å². The highest BCUT2D eigenvalue weighted by Gasteiger charge is 2.28. The highest BCUT2D eigenvalue weighted by atomic mass is 19.2. The van der Waals surface area contributed by atoms with E-state index in [1.165, 1.54) is 50.2 Å². The first-order valence-corrected chi connectivity index (χ1v) is 45.9. The molecule has 0 aliphatic heterocycles. The number of ether oxygens (including phenoxy) is 3. The fraction of sp³-hybridized carbons (Fsp3) is 0.487. The zero-order valence-electron chi connectivity index (χ0n) is 76.7. The summed E-state index contributed by atoms with van der Waals surface area (Å²) in [5.74, 6) is -5.26. The van der Waals surface area contributed by atoms with Gasteiger partial charge in [-0.05, 0) is 271 Å². The molecule has 10 aromatic carbocycles. The van der Waals surface area contributed by atoms with E-state index in [0.29, 0.717) is 104 Å². The Balaban J connectivity index is 0.000000533. The van der Waals surface area contributed by atoms with E-state index in [2.05, 4.69) is 46.8 Å². The Morgan fingerprint density at radius 3 is 0.948 bits per heavy atom. The molecule has 5 aliphatic rings. The summed E-state index contributed by atoms with van der Waals surface area (Å²) in [6.45, 7) is 27.6. The molecule has 0 N–H and O–H groups in total. The second kappa shape index (κ2) is 59.2. The molecule has 15 rings (SSSR count). The lowest BCUT2D eigenvalue weighted by Gasteiger charge is -2.27. The molecule has 742 valence electrons. The molecule has 0 heterocycles. The predicted molar refractivity (Wildman–Crippen MR) is 534 cm³/mol. The van der Waals surface area contributed by atoms with Crippen molar-refractivity contribution in [2.75, 3.05) is 6.61 Å². The zero-order chi connectivity index (χ0) is 92.3. The predicted octanol–water partition coefficient (Wildman–Crippen LogP) is 37.9. The first kappa shape index (κ1) is 121. The van der Waals surface area contributed by atoms with E-state index in [1.54, 1.807) is 145 Å². The smallest absolute Gasteiger partial charge is 0.200 e. The summed E-state index contributed by atoms with van der Waals surface area (Å²) in [5, 5.41) is 0. The maximum atomic E-state index is 14.4. The van der Waals surface area contributed by atoms with Gasteiger partial charge in [-0.2, -0.15) is 4.39 Å². The van der Waals surface area contributed by atoms with Crippen LogP contribution in [0, 0.1) is 165 Å². The number of hydrogen-bond acceptors (Lipinski definition) is 3. The largest absolute Gasteiger partial charge is 0.490 e. The SMILES string of the molecule is C.C.C.C.C.C.C.CC1CCC(OCc2ccc(COC3CCC(C)CC3)c(F)c2F)CC1.CCCc1ccc(C)c(F)c1F.CCc1ccc(C)c(F)c1F.Cc1ccc(-c2ccc(-c3ccc(C)cc3)c(F)c2F)cc1.Cc1ccc(-c2ccc(C3CCC(C)CC3)cc2)c(F)c1F.Cc1ccc(C2CCC(C)CC2)c(F)c1F.Cc1ccc(OCC2CCC(C)CC2)c(F)c1F. The Labute approximate surface area is 797 Å². The van der Waals surface area contributed by atoms with Gasteiger partial charge in [-0.1, -0.05) is 308 Å². The Kier molecular flexibility index (Phi) is 53.4. The minimum Gasteiger partial charge on any atom is -0.490 e. The van der Waals surface area contributed by atoms with Crippen LogP contribution in [0.25, 0.3) is 33.4 Å². The molecule has 0 unspecified atom stereocenters. The van der Waals surface area contributed by atoms with Gasteiger partial charge in [0.25, 0.3) is 0 Å². The van der Waals surface area contributed by atoms with E-state index in [-0.39, 0.29) is 100 Å². The van der Waals surface area contributed by atoms with Crippen LogP contribution in [-0.4, -0.2) is 18.8 Å². The van der Waals surface area contributed by atoms with Gasteiger partial charge in [0.2, 0.25) is 5.82 Å². The van der Waals surface area contributed by atoms with Crippen molar-refractivity contribution in [1.82, 2.24) is 0 Å². The van der Waals surface area contributed by atoms with Gasteiger partial charge in [-0.15, -0.1) is 0 Å². The van der Waals surface area contributed by atoms with Crippen molar-refractivity contribution in [3.05, 3.63) is 311 Å². The minimum absolute atomic E-state index is 0. The molecule has 0 radical (unpaired) electrons. The van der Waals surface area contributed by atoms with Crippen LogP contribution in [0.15, 0.2) is 158 Å². The Morgan fingerprint density at radius 1 is 0.261 bits per heavy atom. The summed E-state index contributed by atoms with van der Waals surface area (Å²) in [5.41, 5.74) is 10.4. The van der Waals surface area contributed by atoms with Gasteiger partial charge in [0.1, 0.15) is 0 Å². The lowest BCUT2D eigenvalue weighted by Crippen LogP contribution is -2.21. The van der Waals surface area contributed by atoms with Crippen molar-refractivity contribution >= 4 is 0 Å². The maximum Gasteiger partial charge on any atom is 0.200 e. The molecule has 10 aromatic rings. The quantitative estimate of drug-likeness (QED) is 0.0851. The fourth-order valence-corrected chi connectivity index (χ4v) is 17.0. The molecular formula is C117H158F14O3. The van der Waals surface area contributed by atoms with Gasteiger partial charge >= 0.3 is 0 Å². The van der Waals surface area contributed by atoms with Crippen LogP contribution < -0.4 is 4.74 Å². The molecule has 134 heavy (non-hydrogen) atoms. The summed E-state index contributed by atoms with van der Waals surface area (Å²) in [6, 6.07) is 45.6. The average Bonchev–Trinajstić information content (AvgIpc) is 0.823. The normalized spacial score (nSPS) is 19.2. The van der Waals surface area contributed by atoms with Crippen molar-refractivity contribution in [3.8, 4) is 39.1 Å². The molecule has 0 aromatic heterocycles. The lowest BCUT2D eigenvalue weighted by atomic mass is 9.79. The van der Waals surface area contributed by atoms with Gasteiger partial charge in [0, 0.05) is 27.8 Å². The molecule has 5 fully saturated rings. The van der Waals surface area contributed by atoms with Gasteiger partial charge in [-0.3, -0.25) is 0 Å². The number of hydrogen-bond donors (Lipinski definition) is 0. The molecule has 5 saturated carbocycles. The number of halogens is 14. The Hall–Kier alpha value is -9.06. The number of aryl methyl sites for hydroxylation is 9.